The highest BCUT2D eigenvalue weighted by Crippen LogP contribution is 2.21. The lowest BCUT2D eigenvalue weighted by Crippen LogP contribution is -2.55. The molecule has 0 saturated heterocycles. The van der Waals surface area contributed by atoms with Crippen LogP contribution >= 0.6 is 0 Å². The molecule has 0 spiro atoms. The van der Waals surface area contributed by atoms with Gasteiger partial charge in [0.05, 0.1) is 19.7 Å². The first-order valence-corrected chi connectivity index (χ1v) is 21.5. The lowest BCUT2D eigenvalue weighted by atomic mass is 10.0. The Morgan fingerprint density at radius 1 is 0.574 bits per heavy atom. The average Bonchev–Trinajstić information content (AvgIpc) is 3.46. The Hall–Kier alpha value is -0.940. The normalized spacial score (nSPS) is 16.2. The Balaban J connectivity index is 2.02. The van der Waals surface area contributed by atoms with Crippen LogP contribution in [0.15, 0.2) is 4.99 Å². The lowest BCUT2D eigenvalue weighted by molar-refractivity contribution is -0.835. The Bertz CT molecular complexity index is 712. The smallest absolute Gasteiger partial charge is 0.220 e. The van der Waals surface area contributed by atoms with Crippen molar-refractivity contribution in [2.45, 2.75) is 219 Å². The van der Waals surface area contributed by atoms with Crippen molar-refractivity contribution < 1.29 is 14.4 Å². The summed E-state index contributed by atoms with van der Waals surface area (Å²) in [7, 11) is 0. The zero-order valence-electron chi connectivity index (χ0n) is 32.1. The number of carbonyl (C=O) groups excluding carboxylic acids is 1. The molecule has 1 amide bonds. The van der Waals surface area contributed by atoms with E-state index in [1.54, 1.807) is 0 Å². The van der Waals surface area contributed by atoms with Gasteiger partial charge in [0, 0.05) is 12.8 Å². The first-order chi connectivity index (χ1) is 23.2. The third-order valence-electron chi connectivity index (χ3n) is 10.8. The number of rotatable bonds is 37. The number of amides is 1. The largest absolute Gasteiger partial charge is 0.390 e. The van der Waals surface area contributed by atoms with Crippen molar-refractivity contribution in [2.24, 2.45) is 4.99 Å². The molecule has 0 saturated carbocycles. The summed E-state index contributed by atoms with van der Waals surface area (Å²) in [6.07, 6.45) is 42.7. The van der Waals surface area contributed by atoms with Crippen LogP contribution in [0, 0.1) is 0 Å². The van der Waals surface area contributed by atoms with E-state index in [2.05, 4.69) is 19.2 Å². The number of quaternary nitrogens is 1. The summed E-state index contributed by atoms with van der Waals surface area (Å²) >= 11 is 0. The SMILES string of the molecule is CCCCCCCCCCCCCCCCCC(=O)NCC[N+]1(CCO)CCN=C1CCCCCCCCCCCCCCCCC. The summed E-state index contributed by atoms with van der Waals surface area (Å²) in [5.41, 5.74) is 0. The number of nitrogens with zero attached hydrogens (tertiary/aromatic N) is 2. The highest BCUT2D eigenvalue weighted by Gasteiger charge is 2.36. The van der Waals surface area contributed by atoms with Crippen LogP contribution in [-0.4, -0.2) is 60.7 Å². The minimum absolute atomic E-state index is 0.185. The highest BCUT2D eigenvalue weighted by atomic mass is 16.3. The molecule has 2 N–H and O–H groups in total. The highest BCUT2D eigenvalue weighted by molar-refractivity contribution is 5.77. The van der Waals surface area contributed by atoms with Gasteiger partial charge >= 0.3 is 0 Å². The number of aliphatic hydroxyl groups excluding tert-OH is 1. The van der Waals surface area contributed by atoms with Crippen LogP contribution in [0.4, 0.5) is 0 Å². The van der Waals surface area contributed by atoms with Crippen LogP contribution < -0.4 is 5.32 Å². The van der Waals surface area contributed by atoms with Gasteiger partial charge < -0.3 is 10.4 Å². The van der Waals surface area contributed by atoms with Gasteiger partial charge in [-0.2, -0.15) is 0 Å². The Labute approximate surface area is 294 Å². The molecule has 0 bridgehead atoms. The molecule has 0 aromatic rings. The van der Waals surface area contributed by atoms with Gasteiger partial charge in [0.2, 0.25) is 5.91 Å². The fraction of sp³-hybridized carbons (Fsp3) is 0.952. The second-order valence-electron chi connectivity index (χ2n) is 15.1. The molecule has 47 heavy (non-hydrogen) atoms. The van der Waals surface area contributed by atoms with Crippen LogP contribution in [0.5, 0.6) is 0 Å². The fourth-order valence-electron chi connectivity index (χ4n) is 7.56. The molecule has 0 fully saturated rings. The number of carbonyl (C=O) groups is 1. The number of unbranched alkanes of at least 4 members (excludes halogenated alkanes) is 28. The van der Waals surface area contributed by atoms with E-state index in [1.165, 1.54) is 192 Å². The zero-order chi connectivity index (χ0) is 33.9. The van der Waals surface area contributed by atoms with Crippen molar-refractivity contribution in [3.63, 3.8) is 0 Å². The minimum atomic E-state index is 0.185. The van der Waals surface area contributed by atoms with E-state index in [-0.39, 0.29) is 12.5 Å². The molecular formula is C42H84N3O2+. The molecule has 1 aliphatic heterocycles. The van der Waals surface area contributed by atoms with Crippen molar-refractivity contribution in [1.29, 1.82) is 0 Å². The van der Waals surface area contributed by atoms with Crippen molar-refractivity contribution >= 4 is 11.7 Å². The molecule has 278 valence electrons. The molecule has 1 heterocycles. The Morgan fingerprint density at radius 3 is 1.36 bits per heavy atom. The van der Waals surface area contributed by atoms with Crippen LogP contribution in [0.2, 0.25) is 0 Å². The minimum Gasteiger partial charge on any atom is -0.390 e. The van der Waals surface area contributed by atoms with Crippen LogP contribution in [0.25, 0.3) is 0 Å². The summed E-state index contributed by atoms with van der Waals surface area (Å²) in [6, 6.07) is 0. The quantitative estimate of drug-likeness (QED) is 0.0513. The number of aliphatic imine (C=N–C) groups is 1. The maximum absolute atomic E-state index is 12.5. The van der Waals surface area contributed by atoms with Gasteiger partial charge in [0.1, 0.15) is 19.6 Å². The van der Waals surface area contributed by atoms with E-state index in [0.717, 1.165) is 43.5 Å². The van der Waals surface area contributed by atoms with Gasteiger partial charge in [0.15, 0.2) is 5.84 Å². The van der Waals surface area contributed by atoms with Crippen molar-refractivity contribution in [3.8, 4) is 0 Å². The summed E-state index contributed by atoms with van der Waals surface area (Å²) in [5, 5.41) is 13.1. The maximum Gasteiger partial charge on any atom is 0.220 e. The van der Waals surface area contributed by atoms with E-state index in [4.69, 9.17) is 4.99 Å². The summed E-state index contributed by atoms with van der Waals surface area (Å²) < 4.78 is 0.786. The second-order valence-corrected chi connectivity index (χ2v) is 15.1. The molecule has 0 aromatic heterocycles. The van der Waals surface area contributed by atoms with Crippen molar-refractivity contribution in [1.82, 2.24) is 5.32 Å². The van der Waals surface area contributed by atoms with E-state index < -0.39 is 0 Å². The molecule has 0 aromatic carbocycles. The third-order valence-corrected chi connectivity index (χ3v) is 10.8. The number of nitrogens with one attached hydrogen (secondary N) is 1. The number of amidine groups is 1. The Morgan fingerprint density at radius 2 is 0.957 bits per heavy atom. The second kappa shape index (κ2) is 33.6. The zero-order valence-corrected chi connectivity index (χ0v) is 32.1. The molecular weight excluding hydrogens is 578 g/mol. The molecule has 5 heteroatoms. The number of hydrogen-bond acceptors (Lipinski definition) is 3. The Kier molecular flexibility index (Phi) is 31.5. The van der Waals surface area contributed by atoms with Gasteiger partial charge in [-0.1, -0.05) is 194 Å². The molecule has 1 atom stereocenters. The average molecular weight is 663 g/mol. The van der Waals surface area contributed by atoms with Gasteiger partial charge in [0.25, 0.3) is 0 Å². The predicted molar refractivity (Wildman–Crippen MR) is 206 cm³/mol. The number of aliphatic hydroxyl groups is 1. The molecule has 0 aliphatic carbocycles. The summed E-state index contributed by atoms with van der Waals surface area (Å²) in [5.74, 6) is 1.47. The monoisotopic (exact) mass is 663 g/mol. The predicted octanol–water partition coefficient (Wildman–Crippen LogP) is 11.8. The third kappa shape index (κ3) is 25.7. The fourth-order valence-corrected chi connectivity index (χ4v) is 7.56. The van der Waals surface area contributed by atoms with Crippen LogP contribution in [0.1, 0.15) is 219 Å². The van der Waals surface area contributed by atoms with E-state index in [0.29, 0.717) is 13.0 Å². The maximum atomic E-state index is 12.5. The molecule has 1 unspecified atom stereocenters. The molecule has 5 nitrogen and oxygen atoms in total. The molecule has 1 rings (SSSR count). The van der Waals surface area contributed by atoms with Crippen molar-refractivity contribution in [2.75, 3.05) is 39.3 Å². The summed E-state index contributed by atoms with van der Waals surface area (Å²) in [6.45, 7) is 8.89. The first kappa shape index (κ1) is 44.1. The van der Waals surface area contributed by atoms with Gasteiger partial charge in [-0.05, 0) is 12.8 Å². The van der Waals surface area contributed by atoms with Crippen molar-refractivity contribution in [3.05, 3.63) is 0 Å². The first-order valence-electron chi connectivity index (χ1n) is 21.5. The van der Waals surface area contributed by atoms with Crippen LogP contribution in [-0.2, 0) is 4.79 Å². The van der Waals surface area contributed by atoms with E-state index >= 15 is 0 Å². The topological polar surface area (TPSA) is 61.7 Å². The lowest BCUT2D eigenvalue weighted by Gasteiger charge is -2.34. The molecule has 1 aliphatic rings. The summed E-state index contributed by atoms with van der Waals surface area (Å²) in [4.78, 5) is 17.4. The van der Waals surface area contributed by atoms with E-state index in [9.17, 15) is 9.90 Å². The van der Waals surface area contributed by atoms with Gasteiger partial charge in [-0.3, -0.25) is 9.28 Å². The van der Waals surface area contributed by atoms with Crippen LogP contribution in [0.3, 0.4) is 0 Å². The standard InChI is InChI=1S/C42H83N3O2/c1-3-5-7-9-11-13-15-17-19-21-23-25-27-29-31-33-41-43-35-37-45(41,39-40-46)38-36-44-42(47)34-32-30-28-26-24-22-20-18-16-14-12-10-8-6-4-2/h46H,3-40H2,1-2H3/p+1. The van der Waals surface area contributed by atoms with E-state index in [1.807, 2.05) is 0 Å². The van der Waals surface area contributed by atoms with Gasteiger partial charge in [-0.25, -0.2) is 4.99 Å². The number of hydrogen-bond donors (Lipinski definition) is 2. The molecule has 0 radical (unpaired) electrons. The van der Waals surface area contributed by atoms with Gasteiger partial charge in [-0.15, -0.1) is 0 Å².